The maximum absolute atomic E-state index is 11.3. The normalized spacial score (nSPS) is 10.4. The first-order valence-electron chi connectivity index (χ1n) is 7.97. The lowest BCUT2D eigenvalue weighted by Crippen LogP contribution is -1.94. The maximum Gasteiger partial charge on any atom is 0.263 e. The molecule has 148 valence electrons. The zero-order valence-corrected chi connectivity index (χ0v) is 15.9. The van der Waals surface area contributed by atoms with Crippen LogP contribution in [0.1, 0.15) is 26.0 Å². The zero-order valence-electron chi connectivity index (χ0n) is 14.3. The molecule has 0 N–H and O–H groups in total. The third-order valence-corrected chi connectivity index (χ3v) is 5.44. The highest BCUT2D eigenvalue weighted by molar-refractivity contribution is 8.14. The summed E-state index contributed by atoms with van der Waals surface area (Å²) in [4.78, 5) is 8.35. The first kappa shape index (κ1) is 23.5. The molecule has 2 aromatic carbocycles. The van der Waals surface area contributed by atoms with Crippen molar-refractivity contribution < 1.29 is 8.42 Å². The molecule has 4 nitrogen and oxygen atoms in total. The highest BCUT2D eigenvalue weighted by atomic mass is 35.7. The molecule has 0 unspecified atom stereocenters. The molecule has 0 spiro atoms. The number of fused-ring (bicyclic) bond motifs is 2. The van der Waals surface area contributed by atoms with Gasteiger partial charge in [0.25, 0.3) is 9.05 Å². The number of rotatable bonds is 1. The van der Waals surface area contributed by atoms with Gasteiger partial charge in [0.05, 0.1) is 11.0 Å². The highest BCUT2D eigenvalue weighted by Crippen LogP contribution is 2.25. The largest absolute Gasteiger partial charge is 0.263 e. The third kappa shape index (κ3) is 5.06. The van der Waals surface area contributed by atoms with Crippen molar-refractivity contribution in [2.45, 2.75) is 33.6 Å². The second-order valence-corrected chi connectivity index (χ2v) is 8.40. The Labute approximate surface area is 171 Å². The smallest absolute Gasteiger partial charge is 0.256 e. The van der Waals surface area contributed by atoms with E-state index in [2.05, 4.69) is 23.0 Å². The Morgan fingerprint density at radius 3 is 1.96 bits per heavy atom. The summed E-state index contributed by atoms with van der Waals surface area (Å²) in [5.74, 6) is 0. The maximum atomic E-state index is 11.3. The number of aryl methyl sites for hydroxylation is 2. The molecule has 0 saturated heterocycles. The van der Waals surface area contributed by atoms with Gasteiger partial charge in [-0.1, -0.05) is 45.2 Å². The molecule has 2 heterocycles. The zero-order chi connectivity index (χ0) is 18.7. The molecular formula is C22H25ClN2O2S. The van der Waals surface area contributed by atoms with Gasteiger partial charge in [0.15, 0.2) is 0 Å². The molecule has 0 aliphatic heterocycles. The van der Waals surface area contributed by atoms with Crippen LogP contribution in [0.25, 0.3) is 21.8 Å². The van der Waals surface area contributed by atoms with Gasteiger partial charge in [0, 0.05) is 33.8 Å². The van der Waals surface area contributed by atoms with Crippen LogP contribution in [0.3, 0.4) is 0 Å². The van der Waals surface area contributed by atoms with Gasteiger partial charge in [-0.25, -0.2) is 8.42 Å². The Morgan fingerprint density at radius 1 is 0.750 bits per heavy atom. The quantitative estimate of drug-likeness (QED) is 0.342. The number of hydrogen-bond acceptors (Lipinski definition) is 4. The van der Waals surface area contributed by atoms with Crippen LogP contribution in [-0.4, -0.2) is 18.4 Å². The van der Waals surface area contributed by atoms with E-state index in [1.54, 1.807) is 12.3 Å². The minimum atomic E-state index is -3.74. The molecule has 6 heteroatoms. The second kappa shape index (κ2) is 9.62. The lowest BCUT2D eigenvalue weighted by atomic mass is 10.1. The van der Waals surface area contributed by atoms with Crippen LogP contribution in [0, 0.1) is 13.8 Å². The van der Waals surface area contributed by atoms with E-state index in [9.17, 15) is 8.42 Å². The van der Waals surface area contributed by atoms with Crippen LogP contribution in [0.15, 0.2) is 71.9 Å². The Kier molecular flexibility index (Phi) is 8.09. The van der Waals surface area contributed by atoms with Crippen molar-refractivity contribution >= 4 is 41.5 Å². The summed E-state index contributed by atoms with van der Waals surface area (Å²) >= 11 is 0. The molecule has 0 radical (unpaired) electrons. The fraction of sp³-hybridized carbons (Fsp3) is 0.182. The Balaban J connectivity index is 0.000000271. The van der Waals surface area contributed by atoms with Crippen LogP contribution in [0.5, 0.6) is 0 Å². The fourth-order valence-electron chi connectivity index (χ4n) is 2.72. The molecule has 0 aliphatic carbocycles. The standard InChI is InChI=1S/C10H8ClNO2S.C10H9N.2CH4/c1-7-5-6-12-10-8(7)3-2-4-9(10)15(11,13)14;1-8-6-7-11-10-5-3-2-4-9(8)10;;/h2-6H,1H3;2-7H,1H3;2*1H4. The monoisotopic (exact) mass is 416 g/mol. The summed E-state index contributed by atoms with van der Waals surface area (Å²) in [5, 5.41) is 2.05. The van der Waals surface area contributed by atoms with E-state index in [1.807, 2.05) is 49.5 Å². The predicted octanol–water partition coefficient (Wildman–Crippen LogP) is 6.29. The average Bonchev–Trinajstić information content (AvgIpc) is 2.62. The van der Waals surface area contributed by atoms with Gasteiger partial charge in [-0.05, 0) is 49.2 Å². The van der Waals surface area contributed by atoms with Crippen molar-refractivity contribution in [1.29, 1.82) is 0 Å². The Morgan fingerprint density at radius 2 is 1.32 bits per heavy atom. The lowest BCUT2D eigenvalue weighted by molar-refractivity contribution is 0.610. The summed E-state index contributed by atoms with van der Waals surface area (Å²) in [6, 6.07) is 17.0. The number of hydrogen-bond donors (Lipinski definition) is 0. The van der Waals surface area contributed by atoms with E-state index in [-0.39, 0.29) is 19.7 Å². The number of benzene rings is 2. The summed E-state index contributed by atoms with van der Waals surface area (Å²) in [6.45, 7) is 4.00. The van der Waals surface area contributed by atoms with Gasteiger partial charge in [0.2, 0.25) is 0 Å². The summed E-state index contributed by atoms with van der Waals surface area (Å²) in [5.41, 5.74) is 3.76. The Hall–Kier alpha value is -2.50. The molecule has 0 atom stereocenters. The van der Waals surface area contributed by atoms with Crippen molar-refractivity contribution in [3.8, 4) is 0 Å². The highest BCUT2D eigenvalue weighted by Gasteiger charge is 2.15. The molecule has 0 amide bonds. The summed E-state index contributed by atoms with van der Waals surface area (Å²) in [7, 11) is 1.59. The number of para-hydroxylation sites is 2. The number of pyridine rings is 2. The Bertz CT molecular complexity index is 1190. The van der Waals surface area contributed by atoms with Crippen LogP contribution in [0.4, 0.5) is 0 Å². The molecule has 0 fully saturated rings. The molecule has 0 saturated carbocycles. The van der Waals surface area contributed by atoms with E-state index < -0.39 is 9.05 Å². The van der Waals surface area contributed by atoms with Crippen molar-refractivity contribution in [1.82, 2.24) is 9.97 Å². The van der Waals surface area contributed by atoms with Gasteiger partial charge in [-0.3, -0.25) is 9.97 Å². The molecule has 2 aromatic heterocycles. The molecule has 4 aromatic rings. The minimum absolute atomic E-state index is 0. The average molecular weight is 417 g/mol. The van der Waals surface area contributed by atoms with Crippen molar-refractivity contribution in [2.75, 3.05) is 0 Å². The van der Waals surface area contributed by atoms with E-state index in [0.29, 0.717) is 5.52 Å². The van der Waals surface area contributed by atoms with Gasteiger partial charge < -0.3 is 0 Å². The summed E-state index contributed by atoms with van der Waals surface area (Å²) < 4.78 is 22.6. The second-order valence-electron chi connectivity index (χ2n) is 5.86. The van der Waals surface area contributed by atoms with Crippen LogP contribution < -0.4 is 0 Å². The van der Waals surface area contributed by atoms with E-state index in [4.69, 9.17) is 10.7 Å². The van der Waals surface area contributed by atoms with Crippen LogP contribution in [0.2, 0.25) is 0 Å². The van der Waals surface area contributed by atoms with Gasteiger partial charge in [0.1, 0.15) is 4.90 Å². The molecule has 0 bridgehead atoms. The summed E-state index contributed by atoms with van der Waals surface area (Å²) in [6.07, 6.45) is 3.42. The van der Waals surface area contributed by atoms with Gasteiger partial charge in [-0.2, -0.15) is 0 Å². The molecule has 0 aliphatic rings. The van der Waals surface area contributed by atoms with Gasteiger partial charge >= 0.3 is 0 Å². The van der Waals surface area contributed by atoms with E-state index in [0.717, 1.165) is 16.5 Å². The van der Waals surface area contributed by atoms with E-state index in [1.165, 1.54) is 17.0 Å². The van der Waals surface area contributed by atoms with Crippen LogP contribution in [-0.2, 0) is 9.05 Å². The molecule has 28 heavy (non-hydrogen) atoms. The van der Waals surface area contributed by atoms with E-state index >= 15 is 0 Å². The van der Waals surface area contributed by atoms with Crippen LogP contribution >= 0.6 is 10.7 Å². The number of nitrogens with zero attached hydrogens (tertiary/aromatic N) is 2. The predicted molar refractivity (Wildman–Crippen MR) is 119 cm³/mol. The lowest BCUT2D eigenvalue weighted by Gasteiger charge is -2.03. The fourth-order valence-corrected chi connectivity index (χ4v) is 3.73. The van der Waals surface area contributed by atoms with Crippen molar-refractivity contribution in [2.24, 2.45) is 0 Å². The number of aromatic nitrogens is 2. The first-order valence-corrected chi connectivity index (χ1v) is 10.3. The molecule has 4 rings (SSSR count). The topological polar surface area (TPSA) is 59.9 Å². The van der Waals surface area contributed by atoms with Gasteiger partial charge in [-0.15, -0.1) is 0 Å². The molecular weight excluding hydrogens is 392 g/mol. The first-order chi connectivity index (χ1) is 12.4. The SMILES string of the molecule is C.C.Cc1ccnc2c(S(=O)(=O)Cl)cccc12.Cc1ccnc2ccccc12. The minimum Gasteiger partial charge on any atom is -0.256 e. The van der Waals surface area contributed by atoms with Crippen molar-refractivity contribution in [3.63, 3.8) is 0 Å². The third-order valence-electron chi connectivity index (χ3n) is 4.08. The van der Waals surface area contributed by atoms with Crippen molar-refractivity contribution in [3.05, 3.63) is 78.1 Å². The number of halogens is 1.